The largest absolute Gasteiger partial charge is 0.334 e. The van der Waals surface area contributed by atoms with Gasteiger partial charge in [-0.1, -0.05) is 4.49 Å². The molecule has 0 aromatic carbocycles. The first kappa shape index (κ1) is 13.4. The fraction of sp³-hybridized carbons (Fsp3) is 0.667. The number of hydrogen-bond acceptors (Lipinski definition) is 6. The fourth-order valence-electron chi connectivity index (χ4n) is 2.04. The van der Waals surface area contributed by atoms with Crippen LogP contribution in [0.5, 0.6) is 0 Å². The predicted octanol–water partition coefficient (Wildman–Crippen LogP) is -0.356. The normalized spacial score (nSPS) is 22.1. The Labute approximate surface area is 110 Å². The zero-order valence-electron chi connectivity index (χ0n) is 10.1. The van der Waals surface area contributed by atoms with Gasteiger partial charge in [0.1, 0.15) is 0 Å². The SMILES string of the molecule is C[C@H]1CN(C(=O)c2csnn2)CCN1S(C)(=O)=O. The van der Waals surface area contributed by atoms with Crippen molar-refractivity contribution in [1.82, 2.24) is 18.8 Å². The van der Waals surface area contributed by atoms with Crippen molar-refractivity contribution in [3.63, 3.8) is 0 Å². The molecule has 18 heavy (non-hydrogen) atoms. The van der Waals surface area contributed by atoms with Crippen molar-refractivity contribution in [1.29, 1.82) is 0 Å². The molecule has 1 aromatic heterocycles. The highest BCUT2D eigenvalue weighted by Gasteiger charge is 2.32. The highest BCUT2D eigenvalue weighted by Crippen LogP contribution is 2.15. The molecule has 0 N–H and O–H groups in total. The van der Waals surface area contributed by atoms with Crippen molar-refractivity contribution in [2.45, 2.75) is 13.0 Å². The number of carbonyl (C=O) groups is 1. The van der Waals surface area contributed by atoms with E-state index in [1.54, 1.807) is 17.2 Å². The molecule has 1 saturated heterocycles. The number of carbonyl (C=O) groups excluding carboxylic acids is 1. The van der Waals surface area contributed by atoms with Gasteiger partial charge in [-0.05, 0) is 18.5 Å². The summed E-state index contributed by atoms with van der Waals surface area (Å²) in [7, 11) is -3.21. The van der Waals surface area contributed by atoms with E-state index in [1.807, 2.05) is 0 Å². The molecule has 1 amide bonds. The van der Waals surface area contributed by atoms with Crippen molar-refractivity contribution < 1.29 is 13.2 Å². The molecule has 100 valence electrons. The molecule has 0 unspecified atom stereocenters. The van der Waals surface area contributed by atoms with E-state index in [1.165, 1.54) is 10.6 Å². The number of aromatic nitrogens is 2. The third-order valence-electron chi connectivity index (χ3n) is 2.86. The second-order valence-electron chi connectivity index (χ2n) is 4.26. The molecule has 0 bridgehead atoms. The van der Waals surface area contributed by atoms with Crippen LogP contribution in [0.4, 0.5) is 0 Å². The Morgan fingerprint density at radius 3 is 2.72 bits per heavy atom. The highest BCUT2D eigenvalue weighted by molar-refractivity contribution is 7.88. The van der Waals surface area contributed by atoms with Crippen molar-refractivity contribution in [2.75, 3.05) is 25.9 Å². The minimum absolute atomic E-state index is 0.191. The lowest BCUT2D eigenvalue weighted by Crippen LogP contribution is -2.55. The topological polar surface area (TPSA) is 83.5 Å². The minimum atomic E-state index is -3.21. The summed E-state index contributed by atoms with van der Waals surface area (Å²) < 4.78 is 28.1. The summed E-state index contributed by atoms with van der Waals surface area (Å²) in [6, 6.07) is -0.218. The molecule has 2 rings (SSSR count). The number of piperazine rings is 1. The van der Waals surface area contributed by atoms with Crippen LogP contribution < -0.4 is 0 Å². The van der Waals surface area contributed by atoms with Gasteiger partial charge in [-0.15, -0.1) is 5.10 Å². The van der Waals surface area contributed by atoms with Gasteiger partial charge in [0.05, 0.1) is 6.26 Å². The summed E-state index contributed by atoms with van der Waals surface area (Å²) in [6.07, 6.45) is 1.19. The molecule has 2 heterocycles. The number of amides is 1. The Balaban J connectivity index is 2.07. The molecular formula is C9H14N4O3S2. The molecule has 1 aliphatic heterocycles. The van der Waals surface area contributed by atoms with Crippen LogP contribution in [-0.4, -0.2) is 65.0 Å². The van der Waals surface area contributed by atoms with Crippen LogP contribution in [0.3, 0.4) is 0 Å². The summed E-state index contributed by atoms with van der Waals surface area (Å²) in [4.78, 5) is 13.6. The number of nitrogens with zero attached hydrogens (tertiary/aromatic N) is 4. The zero-order valence-corrected chi connectivity index (χ0v) is 11.7. The molecule has 1 aromatic rings. The van der Waals surface area contributed by atoms with Gasteiger partial charge in [-0.2, -0.15) is 4.31 Å². The molecule has 0 spiro atoms. The summed E-state index contributed by atoms with van der Waals surface area (Å²) >= 11 is 1.12. The maximum absolute atomic E-state index is 12.0. The van der Waals surface area contributed by atoms with Crippen LogP contribution >= 0.6 is 11.5 Å². The van der Waals surface area contributed by atoms with Gasteiger partial charge in [0.2, 0.25) is 10.0 Å². The van der Waals surface area contributed by atoms with Crippen molar-refractivity contribution in [3.8, 4) is 0 Å². The molecule has 9 heteroatoms. The van der Waals surface area contributed by atoms with Gasteiger partial charge in [-0.25, -0.2) is 8.42 Å². The fourth-order valence-corrected chi connectivity index (χ4v) is 3.60. The monoisotopic (exact) mass is 290 g/mol. The van der Waals surface area contributed by atoms with Gasteiger partial charge in [-0.3, -0.25) is 4.79 Å². The average molecular weight is 290 g/mol. The average Bonchev–Trinajstić information content (AvgIpc) is 2.79. The molecule has 0 saturated carbocycles. The molecular weight excluding hydrogens is 276 g/mol. The van der Waals surface area contributed by atoms with Crippen LogP contribution in [0, 0.1) is 0 Å². The summed E-state index contributed by atoms with van der Waals surface area (Å²) in [5, 5.41) is 5.32. The van der Waals surface area contributed by atoms with Crippen LogP contribution in [0.2, 0.25) is 0 Å². The lowest BCUT2D eigenvalue weighted by molar-refractivity contribution is 0.0637. The highest BCUT2D eigenvalue weighted by atomic mass is 32.2. The van der Waals surface area contributed by atoms with Gasteiger partial charge in [0, 0.05) is 31.1 Å². The van der Waals surface area contributed by atoms with E-state index in [0.29, 0.717) is 25.3 Å². The van der Waals surface area contributed by atoms with E-state index in [2.05, 4.69) is 9.59 Å². The third-order valence-corrected chi connectivity index (χ3v) is 4.76. The second-order valence-corrected chi connectivity index (χ2v) is 6.81. The standard InChI is InChI=1S/C9H14N4O3S2/c1-7-5-12(3-4-13(7)18(2,15)16)9(14)8-6-17-11-10-8/h6-7H,3-5H2,1-2H3/t7-/m0/s1. The maximum atomic E-state index is 12.0. The van der Waals surface area contributed by atoms with E-state index in [4.69, 9.17) is 0 Å². The van der Waals surface area contributed by atoms with E-state index < -0.39 is 10.0 Å². The Hall–Kier alpha value is -1.06. The van der Waals surface area contributed by atoms with Crippen LogP contribution in [0.25, 0.3) is 0 Å². The molecule has 1 atom stereocenters. The van der Waals surface area contributed by atoms with Gasteiger partial charge < -0.3 is 4.90 Å². The molecule has 1 aliphatic rings. The van der Waals surface area contributed by atoms with Crippen molar-refractivity contribution in [2.24, 2.45) is 0 Å². The first-order valence-corrected chi connectivity index (χ1v) is 8.11. The third kappa shape index (κ3) is 2.68. The molecule has 0 radical (unpaired) electrons. The van der Waals surface area contributed by atoms with Crippen LogP contribution in [0.15, 0.2) is 5.38 Å². The summed E-state index contributed by atoms with van der Waals surface area (Å²) in [5.74, 6) is -0.191. The Morgan fingerprint density at radius 2 is 2.22 bits per heavy atom. The molecule has 7 nitrogen and oxygen atoms in total. The first-order chi connectivity index (χ1) is 8.39. The van der Waals surface area contributed by atoms with Gasteiger partial charge in [0.15, 0.2) is 5.69 Å². The minimum Gasteiger partial charge on any atom is -0.334 e. The number of rotatable bonds is 2. The second kappa shape index (κ2) is 4.90. The Morgan fingerprint density at radius 1 is 1.50 bits per heavy atom. The van der Waals surface area contributed by atoms with Crippen molar-refractivity contribution in [3.05, 3.63) is 11.1 Å². The zero-order chi connectivity index (χ0) is 13.3. The van der Waals surface area contributed by atoms with Crippen molar-refractivity contribution >= 4 is 27.5 Å². The number of sulfonamides is 1. The van der Waals surface area contributed by atoms with Crippen LogP contribution in [0.1, 0.15) is 17.4 Å². The summed E-state index contributed by atoms with van der Waals surface area (Å²) in [6.45, 7) is 2.88. The molecule has 1 fully saturated rings. The molecule has 0 aliphatic carbocycles. The van der Waals surface area contributed by atoms with E-state index in [0.717, 1.165) is 11.5 Å². The quantitative estimate of drug-likeness (QED) is 0.743. The number of hydrogen-bond donors (Lipinski definition) is 0. The lowest BCUT2D eigenvalue weighted by Gasteiger charge is -2.37. The summed E-state index contributed by atoms with van der Waals surface area (Å²) in [5.41, 5.74) is 0.319. The van der Waals surface area contributed by atoms with E-state index in [9.17, 15) is 13.2 Å². The first-order valence-electron chi connectivity index (χ1n) is 5.42. The Bertz CT molecular complexity index is 528. The smallest absolute Gasteiger partial charge is 0.275 e. The van der Waals surface area contributed by atoms with Gasteiger partial charge >= 0.3 is 0 Å². The Kier molecular flexibility index (Phi) is 3.64. The van der Waals surface area contributed by atoms with Gasteiger partial charge in [0.25, 0.3) is 5.91 Å². The van der Waals surface area contributed by atoms with E-state index in [-0.39, 0.29) is 11.9 Å². The van der Waals surface area contributed by atoms with Crippen LogP contribution in [-0.2, 0) is 10.0 Å². The predicted molar refractivity (Wildman–Crippen MR) is 66.8 cm³/mol. The lowest BCUT2D eigenvalue weighted by atomic mass is 10.2. The van der Waals surface area contributed by atoms with E-state index >= 15 is 0 Å². The maximum Gasteiger partial charge on any atom is 0.275 e.